The van der Waals surface area contributed by atoms with E-state index in [9.17, 15) is 4.79 Å². The maximum absolute atomic E-state index is 10.2. The standard InChI is InChI=1S/C11H16O/c1-2-11(9-6-10-12)7-4-3-5-8-11/h2,6,9-10H,1,3-5,7-8H2/b9-6+. The van der Waals surface area contributed by atoms with E-state index in [1.807, 2.05) is 12.2 Å². The molecular formula is C11H16O. The van der Waals surface area contributed by atoms with Gasteiger partial charge in [0, 0.05) is 5.41 Å². The number of hydrogen-bond acceptors (Lipinski definition) is 1. The number of carbonyl (C=O) groups is 1. The summed E-state index contributed by atoms with van der Waals surface area (Å²) in [5.41, 5.74) is 0.124. The molecule has 0 aromatic heterocycles. The third kappa shape index (κ3) is 2.07. The topological polar surface area (TPSA) is 17.1 Å². The lowest BCUT2D eigenvalue weighted by molar-refractivity contribution is -0.104. The van der Waals surface area contributed by atoms with Crippen LogP contribution in [0.25, 0.3) is 0 Å². The smallest absolute Gasteiger partial charge is 0.142 e. The molecule has 1 heteroatoms. The van der Waals surface area contributed by atoms with E-state index in [2.05, 4.69) is 6.58 Å². The van der Waals surface area contributed by atoms with Gasteiger partial charge in [0.05, 0.1) is 0 Å². The Morgan fingerprint density at radius 3 is 2.33 bits per heavy atom. The van der Waals surface area contributed by atoms with Gasteiger partial charge in [-0.2, -0.15) is 0 Å². The largest absolute Gasteiger partial charge is 0.299 e. The van der Waals surface area contributed by atoms with Crippen LogP contribution in [0.15, 0.2) is 24.8 Å². The second-order valence-electron chi connectivity index (χ2n) is 3.49. The third-order valence-electron chi connectivity index (χ3n) is 2.70. The zero-order valence-electron chi connectivity index (χ0n) is 7.46. The molecule has 0 bridgehead atoms. The Hall–Kier alpha value is -0.850. The van der Waals surface area contributed by atoms with E-state index in [0.717, 1.165) is 19.1 Å². The molecule has 0 atom stereocenters. The summed E-state index contributed by atoms with van der Waals surface area (Å²) in [6, 6.07) is 0. The molecule has 1 aliphatic carbocycles. The number of hydrogen-bond donors (Lipinski definition) is 0. The Morgan fingerprint density at radius 1 is 1.17 bits per heavy atom. The normalized spacial score (nSPS) is 22.3. The first-order valence-corrected chi connectivity index (χ1v) is 4.60. The Bertz CT molecular complexity index is 185. The Morgan fingerprint density at radius 2 is 1.83 bits per heavy atom. The van der Waals surface area contributed by atoms with Gasteiger partial charge in [0.1, 0.15) is 6.29 Å². The molecule has 66 valence electrons. The quantitative estimate of drug-likeness (QED) is 0.356. The van der Waals surface area contributed by atoms with Crippen molar-refractivity contribution in [3.63, 3.8) is 0 Å². The molecule has 0 amide bonds. The van der Waals surface area contributed by atoms with Crippen molar-refractivity contribution >= 4 is 6.29 Å². The molecule has 0 spiro atoms. The highest BCUT2D eigenvalue weighted by Crippen LogP contribution is 2.38. The summed E-state index contributed by atoms with van der Waals surface area (Å²) in [6.07, 6.45) is 12.6. The van der Waals surface area contributed by atoms with Gasteiger partial charge in [-0.15, -0.1) is 6.58 Å². The van der Waals surface area contributed by atoms with E-state index in [-0.39, 0.29) is 5.41 Å². The van der Waals surface area contributed by atoms with Gasteiger partial charge in [0.2, 0.25) is 0 Å². The summed E-state index contributed by atoms with van der Waals surface area (Å²) >= 11 is 0. The highest BCUT2D eigenvalue weighted by molar-refractivity contribution is 5.65. The summed E-state index contributed by atoms with van der Waals surface area (Å²) in [7, 11) is 0. The van der Waals surface area contributed by atoms with E-state index in [1.54, 1.807) is 6.08 Å². The van der Waals surface area contributed by atoms with Crippen LogP contribution in [0.4, 0.5) is 0 Å². The SMILES string of the molecule is C=CC1(/C=C/C=O)CCCCC1. The van der Waals surface area contributed by atoms with Crippen LogP contribution in [0, 0.1) is 5.41 Å². The maximum atomic E-state index is 10.2. The fraction of sp³-hybridized carbons (Fsp3) is 0.545. The minimum atomic E-state index is 0.124. The molecule has 1 fully saturated rings. The fourth-order valence-electron chi connectivity index (χ4n) is 1.88. The zero-order valence-corrected chi connectivity index (χ0v) is 7.46. The maximum Gasteiger partial charge on any atom is 0.142 e. The van der Waals surface area contributed by atoms with E-state index < -0.39 is 0 Å². The van der Waals surface area contributed by atoms with Crippen LogP contribution in [0.3, 0.4) is 0 Å². The monoisotopic (exact) mass is 164 g/mol. The van der Waals surface area contributed by atoms with Crippen molar-refractivity contribution in [3.05, 3.63) is 24.8 Å². The average Bonchev–Trinajstić information content (AvgIpc) is 2.16. The van der Waals surface area contributed by atoms with Gasteiger partial charge in [-0.1, -0.05) is 31.4 Å². The van der Waals surface area contributed by atoms with Crippen molar-refractivity contribution in [2.24, 2.45) is 5.41 Å². The van der Waals surface area contributed by atoms with Gasteiger partial charge < -0.3 is 0 Å². The Labute approximate surface area is 74.2 Å². The molecule has 0 saturated heterocycles. The number of rotatable bonds is 3. The molecule has 1 aliphatic rings. The lowest BCUT2D eigenvalue weighted by Gasteiger charge is -2.31. The van der Waals surface area contributed by atoms with Crippen LogP contribution in [-0.2, 0) is 4.79 Å². The van der Waals surface area contributed by atoms with E-state index in [1.165, 1.54) is 19.3 Å². The van der Waals surface area contributed by atoms with Gasteiger partial charge in [0.25, 0.3) is 0 Å². The number of aldehydes is 1. The molecular weight excluding hydrogens is 148 g/mol. The molecule has 0 unspecified atom stereocenters. The summed E-state index contributed by atoms with van der Waals surface area (Å²) in [4.78, 5) is 10.2. The van der Waals surface area contributed by atoms with Crippen molar-refractivity contribution in [3.8, 4) is 0 Å². The van der Waals surface area contributed by atoms with Crippen molar-refractivity contribution in [2.75, 3.05) is 0 Å². The second-order valence-corrected chi connectivity index (χ2v) is 3.49. The molecule has 0 N–H and O–H groups in total. The minimum Gasteiger partial charge on any atom is -0.299 e. The third-order valence-corrected chi connectivity index (χ3v) is 2.70. The van der Waals surface area contributed by atoms with Crippen molar-refractivity contribution in [1.29, 1.82) is 0 Å². The second kappa shape index (κ2) is 4.24. The van der Waals surface area contributed by atoms with Crippen LogP contribution in [0.2, 0.25) is 0 Å². The average molecular weight is 164 g/mol. The first-order valence-electron chi connectivity index (χ1n) is 4.60. The molecule has 1 nitrogen and oxygen atoms in total. The zero-order chi connectivity index (χ0) is 8.86. The van der Waals surface area contributed by atoms with E-state index in [0.29, 0.717) is 0 Å². The van der Waals surface area contributed by atoms with Crippen LogP contribution in [0.5, 0.6) is 0 Å². The molecule has 0 aliphatic heterocycles. The van der Waals surface area contributed by atoms with Crippen LogP contribution < -0.4 is 0 Å². The van der Waals surface area contributed by atoms with Crippen molar-refractivity contribution < 1.29 is 4.79 Å². The molecule has 0 heterocycles. The number of carbonyl (C=O) groups excluding carboxylic acids is 1. The fourth-order valence-corrected chi connectivity index (χ4v) is 1.88. The highest BCUT2D eigenvalue weighted by Gasteiger charge is 2.25. The predicted molar refractivity (Wildman–Crippen MR) is 50.9 cm³/mol. The van der Waals surface area contributed by atoms with Crippen LogP contribution in [-0.4, -0.2) is 6.29 Å². The van der Waals surface area contributed by atoms with Crippen molar-refractivity contribution in [2.45, 2.75) is 32.1 Å². The molecule has 0 aromatic carbocycles. The summed E-state index contributed by atoms with van der Waals surface area (Å²) in [5, 5.41) is 0. The lowest BCUT2D eigenvalue weighted by Crippen LogP contribution is -2.18. The van der Waals surface area contributed by atoms with Gasteiger partial charge >= 0.3 is 0 Å². The van der Waals surface area contributed by atoms with Gasteiger partial charge in [-0.05, 0) is 18.9 Å². The van der Waals surface area contributed by atoms with Gasteiger partial charge in [-0.3, -0.25) is 4.79 Å². The summed E-state index contributed by atoms with van der Waals surface area (Å²) in [6.45, 7) is 3.84. The highest BCUT2D eigenvalue weighted by atomic mass is 16.1. The summed E-state index contributed by atoms with van der Waals surface area (Å²) in [5.74, 6) is 0. The molecule has 0 radical (unpaired) electrons. The molecule has 1 saturated carbocycles. The Kier molecular flexibility index (Phi) is 3.27. The molecule has 0 aromatic rings. The van der Waals surface area contributed by atoms with Crippen LogP contribution in [0.1, 0.15) is 32.1 Å². The lowest BCUT2D eigenvalue weighted by atomic mass is 9.74. The van der Waals surface area contributed by atoms with Crippen LogP contribution >= 0.6 is 0 Å². The van der Waals surface area contributed by atoms with Gasteiger partial charge in [0.15, 0.2) is 0 Å². The van der Waals surface area contributed by atoms with E-state index >= 15 is 0 Å². The Balaban J connectivity index is 2.65. The number of allylic oxidation sites excluding steroid dienone is 3. The molecule has 12 heavy (non-hydrogen) atoms. The van der Waals surface area contributed by atoms with Gasteiger partial charge in [-0.25, -0.2) is 0 Å². The first-order chi connectivity index (χ1) is 5.83. The van der Waals surface area contributed by atoms with Crippen molar-refractivity contribution in [1.82, 2.24) is 0 Å². The summed E-state index contributed by atoms with van der Waals surface area (Å²) < 4.78 is 0. The molecule has 1 rings (SSSR count). The predicted octanol–water partition coefficient (Wildman–Crippen LogP) is 2.88. The van der Waals surface area contributed by atoms with E-state index in [4.69, 9.17) is 0 Å². The minimum absolute atomic E-state index is 0.124. The first kappa shape index (κ1) is 9.24.